The summed E-state index contributed by atoms with van der Waals surface area (Å²) in [6.07, 6.45) is -1.00. The van der Waals surface area contributed by atoms with Crippen LogP contribution in [0.2, 0.25) is 0 Å². The van der Waals surface area contributed by atoms with E-state index in [9.17, 15) is 29.6 Å². The van der Waals surface area contributed by atoms with Crippen molar-refractivity contribution in [2.24, 2.45) is 11.3 Å². The number of ether oxygens (including phenoxy) is 3. The van der Waals surface area contributed by atoms with Gasteiger partial charge in [-0.05, 0) is 102 Å². The third-order valence-electron chi connectivity index (χ3n) is 7.56. The number of nitrogens with zero attached hydrogens (tertiary/aromatic N) is 2. The minimum atomic E-state index is -1.00. The van der Waals surface area contributed by atoms with Gasteiger partial charge < -0.3 is 19.3 Å². The molecule has 0 radical (unpaired) electrons. The largest absolute Gasteiger partial charge is 0.497 e. The Kier molecular flexibility index (Phi) is 12.8. The monoisotopic (exact) mass is 738 g/mol. The van der Waals surface area contributed by atoms with E-state index in [1.165, 1.54) is 47.9 Å². The van der Waals surface area contributed by atoms with Crippen LogP contribution in [-0.2, 0) is 25.7 Å². The Morgan fingerprint density at radius 3 is 2.04 bits per heavy atom. The number of nitro benzene ring substituents is 1. The molecule has 1 amide bonds. The third-order valence-corrected chi connectivity index (χ3v) is 10.5. The van der Waals surface area contributed by atoms with Crippen LogP contribution in [0.25, 0.3) is 0 Å². The highest BCUT2D eigenvalue weighted by atomic mass is 32.2. The number of likely N-dealkylation sites (tertiary alicyclic amines) is 1. The maximum atomic E-state index is 14.0. The summed E-state index contributed by atoms with van der Waals surface area (Å²) in [5, 5.41) is 20.4. The lowest BCUT2D eigenvalue weighted by atomic mass is 9.92. The molecule has 1 aliphatic heterocycles. The first-order valence-corrected chi connectivity index (χ1v) is 17.9. The van der Waals surface area contributed by atoms with Gasteiger partial charge in [0, 0.05) is 17.5 Å². The number of thiocarbonyl (C=S) groups is 1. The van der Waals surface area contributed by atoms with Gasteiger partial charge in [0.15, 0.2) is 10.8 Å². The van der Waals surface area contributed by atoms with E-state index in [1.54, 1.807) is 52.1 Å². The molecule has 1 fully saturated rings. The number of nitro groups is 1. The number of thioether (sulfide) groups is 2. The Morgan fingerprint density at radius 2 is 1.56 bits per heavy atom. The lowest BCUT2D eigenvalue weighted by Gasteiger charge is -2.48. The van der Waals surface area contributed by atoms with Gasteiger partial charge in [-0.25, -0.2) is 4.79 Å². The van der Waals surface area contributed by atoms with E-state index in [-0.39, 0.29) is 33.9 Å². The molecule has 1 saturated heterocycles. The van der Waals surface area contributed by atoms with Crippen LogP contribution in [0, 0.1) is 21.4 Å². The third kappa shape index (κ3) is 9.10. The van der Waals surface area contributed by atoms with Gasteiger partial charge in [-0.3, -0.25) is 24.6 Å². The number of benzene rings is 3. The van der Waals surface area contributed by atoms with E-state index in [1.807, 2.05) is 31.2 Å². The van der Waals surface area contributed by atoms with Crippen molar-refractivity contribution in [1.29, 1.82) is 0 Å². The number of aliphatic hydroxyl groups excluding tert-OH is 1. The molecule has 0 unspecified atom stereocenters. The second-order valence-corrected chi connectivity index (χ2v) is 15.0. The lowest BCUT2D eigenvalue weighted by Crippen LogP contribution is -2.63. The maximum Gasteiger partial charge on any atom is 0.359 e. The van der Waals surface area contributed by atoms with Gasteiger partial charge in [-0.2, -0.15) is 0 Å². The Bertz CT molecular complexity index is 1770. The van der Waals surface area contributed by atoms with E-state index in [2.05, 4.69) is 0 Å². The first-order valence-electron chi connectivity index (χ1n) is 15.6. The molecule has 0 bridgehead atoms. The first-order chi connectivity index (χ1) is 23.7. The Balaban J connectivity index is 1.75. The van der Waals surface area contributed by atoms with Crippen LogP contribution in [0.3, 0.4) is 0 Å². The predicted octanol–water partition coefficient (Wildman–Crippen LogP) is 6.89. The number of amides is 1. The predicted molar refractivity (Wildman–Crippen MR) is 197 cm³/mol. The van der Waals surface area contributed by atoms with E-state index in [0.29, 0.717) is 33.7 Å². The summed E-state index contributed by atoms with van der Waals surface area (Å²) < 4.78 is 17.2. The zero-order valence-electron chi connectivity index (χ0n) is 28.4. The molecule has 0 spiro atoms. The van der Waals surface area contributed by atoms with Crippen LogP contribution in [0.4, 0.5) is 5.69 Å². The highest BCUT2D eigenvalue weighted by Crippen LogP contribution is 2.43. The van der Waals surface area contributed by atoms with Crippen molar-refractivity contribution in [2.45, 2.75) is 52.7 Å². The number of methoxy groups -OCH3 is 1. The van der Waals surface area contributed by atoms with E-state index >= 15 is 0 Å². The zero-order chi connectivity index (χ0) is 36.7. The molecule has 3 aromatic rings. The van der Waals surface area contributed by atoms with Gasteiger partial charge in [-0.1, -0.05) is 39.9 Å². The summed E-state index contributed by atoms with van der Waals surface area (Å²) in [6, 6.07) is 19.6. The minimum Gasteiger partial charge on any atom is -0.497 e. The van der Waals surface area contributed by atoms with Gasteiger partial charge >= 0.3 is 5.97 Å². The fourth-order valence-corrected chi connectivity index (χ4v) is 7.19. The number of carbonyl (C=O) groups is 3. The van der Waals surface area contributed by atoms with Gasteiger partial charge in [-0.15, -0.1) is 11.8 Å². The molecule has 1 heterocycles. The van der Waals surface area contributed by atoms with E-state index in [4.69, 9.17) is 26.4 Å². The van der Waals surface area contributed by atoms with E-state index < -0.39 is 39.6 Å². The van der Waals surface area contributed by atoms with Crippen LogP contribution in [0.15, 0.2) is 83.6 Å². The molecule has 264 valence electrons. The molecule has 1 aliphatic rings. The van der Waals surface area contributed by atoms with Crippen molar-refractivity contribution in [1.82, 2.24) is 4.90 Å². The van der Waals surface area contributed by atoms with Gasteiger partial charge in [0.2, 0.25) is 11.0 Å². The zero-order valence-corrected chi connectivity index (χ0v) is 30.9. The molecular formula is C36H38N2O9S3. The summed E-state index contributed by atoms with van der Waals surface area (Å²) >= 11 is 7.72. The number of non-ortho nitro benzene ring substituents is 1. The number of hydrogen-bond donors (Lipinski definition) is 1. The quantitative estimate of drug-likeness (QED) is 0.0269. The number of hydrogen-bond acceptors (Lipinski definition) is 12. The fourth-order valence-electron chi connectivity index (χ4n) is 4.77. The van der Waals surface area contributed by atoms with Crippen LogP contribution in [0.5, 0.6) is 11.5 Å². The topological polar surface area (TPSA) is 146 Å². The number of rotatable bonds is 14. The van der Waals surface area contributed by atoms with Crippen molar-refractivity contribution < 1.29 is 38.6 Å². The molecular weight excluding hydrogens is 701 g/mol. The first kappa shape index (κ1) is 38.6. The smallest absolute Gasteiger partial charge is 0.359 e. The highest BCUT2D eigenvalue weighted by Gasteiger charge is 2.54. The molecule has 4 rings (SSSR count). The van der Waals surface area contributed by atoms with Crippen LogP contribution in [-0.4, -0.2) is 61.1 Å². The van der Waals surface area contributed by atoms with Crippen molar-refractivity contribution in [3.63, 3.8) is 0 Å². The van der Waals surface area contributed by atoms with Crippen molar-refractivity contribution >= 4 is 63.3 Å². The molecule has 11 nitrogen and oxygen atoms in total. The number of aliphatic hydroxyl groups is 1. The van der Waals surface area contributed by atoms with Crippen LogP contribution >= 0.6 is 35.7 Å². The molecule has 3 aromatic carbocycles. The lowest BCUT2D eigenvalue weighted by molar-refractivity contribution is -0.384. The van der Waals surface area contributed by atoms with Crippen LogP contribution < -0.4 is 9.47 Å². The van der Waals surface area contributed by atoms with Gasteiger partial charge in [0.25, 0.3) is 5.69 Å². The highest BCUT2D eigenvalue weighted by molar-refractivity contribution is 8.16. The summed E-state index contributed by atoms with van der Waals surface area (Å²) in [6.45, 7) is 8.26. The molecule has 0 saturated carbocycles. The number of carbonyl (C=O) groups excluding carboxylic acids is 3. The molecule has 3 atom stereocenters. The standard InChI is InChI=1S/C36H38N2O9S3/c1-7-49-32-28(21(2)39)31(40)37(32)29(33(41)46-20-22-8-14-25(15-9-22)38(43)44)34(50-35(42)36(3,4)5)47-27-18-12-24(13-19-27)30(48)23-10-16-26(45-6)17-11-23/h8-19,21,28,32,39H,7,20H2,1-6H3/t21-,28+,32-/m1/s1. The Hall–Kier alpha value is -4.24. The van der Waals surface area contributed by atoms with Crippen molar-refractivity contribution in [2.75, 3.05) is 12.9 Å². The molecule has 50 heavy (non-hydrogen) atoms. The summed E-state index contributed by atoms with van der Waals surface area (Å²) in [5.74, 6) is -0.773. The summed E-state index contributed by atoms with van der Waals surface area (Å²) in [4.78, 5) is 53.5. The minimum absolute atomic E-state index is 0.126. The number of esters is 1. The van der Waals surface area contributed by atoms with Crippen molar-refractivity contribution in [3.8, 4) is 11.5 Å². The normalized spacial score (nSPS) is 16.9. The van der Waals surface area contributed by atoms with Crippen molar-refractivity contribution in [3.05, 3.63) is 110 Å². The maximum absolute atomic E-state index is 14.0. The summed E-state index contributed by atoms with van der Waals surface area (Å²) in [7, 11) is 1.58. The molecule has 0 aliphatic carbocycles. The van der Waals surface area contributed by atoms with Gasteiger partial charge in [0.1, 0.15) is 18.1 Å². The van der Waals surface area contributed by atoms with Gasteiger partial charge in [0.05, 0.1) is 34.3 Å². The number of β-lactam (4-membered cyclic amide) rings is 1. The molecule has 0 aromatic heterocycles. The Labute approximate surface area is 304 Å². The SMILES string of the molecule is CCS[C@@H]1[C@@H]([C@@H](C)O)C(=O)N1C(C(=O)OCc1ccc([N+](=O)[O-])cc1)=C(Oc1ccc(C(=S)c2ccc(OC)cc2)cc1)SC(=O)C(C)(C)C. The second-order valence-electron chi connectivity index (χ2n) is 12.3. The summed E-state index contributed by atoms with van der Waals surface area (Å²) in [5.41, 5.74) is 0.715. The van der Waals surface area contributed by atoms with E-state index in [0.717, 1.165) is 11.1 Å². The molecule has 1 N–H and O–H groups in total. The molecule has 14 heteroatoms. The average molecular weight is 739 g/mol. The fraction of sp³-hybridized carbons (Fsp3) is 0.333. The second kappa shape index (κ2) is 16.6. The Morgan fingerprint density at radius 1 is 1.00 bits per heavy atom. The van der Waals surface area contributed by atoms with Crippen LogP contribution in [0.1, 0.15) is 51.3 Å². The average Bonchev–Trinajstić information content (AvgIpc) is 3.08.